The molecule has 0 radical (unpaired) electrons. The SMILES string of the molecule is COc1ccc(/C=C/c2cc3ccc(OC)cc3o2)cc1. The summed E-state index contributed by atoms with van der Waals surface area (Å²) >= 11 is 0. The predicted octanol–water partition coefficient (Wildman–Crippen LogP) is 4.62. The second-order valence-corrected chi connectivity index (χ2v) is 4.66. The highest BCUT2D eigenvalue weighted by Gasteiger charge is 2.02. The molecule has 1 aromatic heterocycles. The Bertz CT molecular complexity index is 767. The van der Waals surface area contributed by atoms with Gasteiger partial charge in [0, 0.05) is 11.5 Å². The minimum atomic E-state index is 0.794. The van der Waals surface area contributed by atoms with Crippen LogP contribution in [0.15, 0.2) is 52.9 Å². The molecule has 3 heteroatoms. The van der Waals surface area contributed by atoms with E-state index >= 15 is 0 Å². The van der Waals surface area contributed by atoms with Crippen LogP contribution < -0.4 is 9.47 Å². The summed E-state index contributed by atoms with van der Waals surface area (Å²) in [7, 11) is 3.31. The first kappa shape index (κ1) is 13.3. The van der Waals surface area contributed by atoms with Crippen LogP contribution in [0.5, 0.6) is 11.5 Å². The lowest BCUT2D eigenvalue weighted by Gasteiger charge is -1.98. The van der Waals surface area contributed by atoms with E-state index in [2.05, 4.69) is 0 Å². The molecule has 3 aromatic rings. The topological polar surface area (TPSA) is 31.6 Å². The molecule has 106 valence electrons. The molecule has 0 atom stereocenters. The fourth-order valence-electron chi connectivity index (χ4n) is 2.13. The van der Waals surface area contributed by atoms with Gasteiger partial charge in [-0.05, 0) is 42.0 Å². The quantitative estimate of drug-likeness (QED) is 0.698. The molecule has 0 unspecified atom stereocenters. The summed E-state index contributed by atoms with van der Waals surface area (Å²) in [6, 6.07) is 15.7. The average Bonchev–Trinajstić information content (AvgIpc) is 2.95. The summed E-state index contributed by atoms with van der Waals surface area (Å²) in [5, 5.41) is 1.06. The zero-order valence-electron chi connectivity index (χ0n) is 12.0. The van der Waals surface area contributed by atoms with Crippen LogP contribution in [0.4, 0.5) is 0 Å². The predicted molar refractivity (Wildman–Crippen MR) is 84.7 cm³/mol. The molecule has 0 aliphatic rings. The molecular formula is C18H16O3. The van der Waals surface area contributed by atoms with Crippen molar-refractivity contribution in [3.63, 3.8) is 0 Å². The standard InChI is InChI=1S/C18H16O3/c1-19-15-7-3-13(4-8-15)5-9-17-11-14-6-10-16(20-2)12-18(14)21-17/h3-12H,1-2H3/b9-5+. The highest BCUT2D eigenvalue weighted by Crippen LogP contribution is 2.25. The van der Waals surface area contributed by atoms with E-state index < -0.39 is 0 Å². The molecule has 0 fully saturated rings. The fourth-order valence-corrected chi connectivity index (χ4v) is 2.13. The second kappa shape index (κ2) is 5.75. The summed E-state index contributed by atoms with van der Waals surface area (Å²) in [6.07, 6.45) is 3.96. The molecule has 0 saturated carbocycles. The monoisotopic (exact) mass is 280 g/mol. The van der Waals surface area contributed by atoms with E-state index in [9.17, 15) is 0 Å². The maximum atomic E-state index is 5.79. The Morgan fingerprint density at radius 3 is 2.24 bits per heavy atom. The van der Waals surface area contributed by atoms with Gasteiger partial charge < -0.3 is 13.9 Å². The molecule has 0 N–H and O–H groups in total. The number of ether oxygens (including phenoxy) is 2. The normalized spacial score (nSPS) is 11.1. The molecular weight excluding hydrogens is 264 g/mol. The van der Waals surface area contributed by atoms with Gasteiger partial charge in [-0.15, -0.1) is 0 Å². The second-order valence-electron chi connectivity index (χ2n) is 4.66. The van der Waals surface area contributed by atoms with Crippen molar-refractivity contribution in [2.75, 3.05) is 14.2 Å². The molecule has 0 saturated heterocycles. The van der Waals surface area contributed by atoms with Crippen molar-refractivity contribution in [2.24, 2.45) is 0 Å². The van der Waals surface area contributed by atoms with Crippen LogP contribution in [0.25, 0.3) is 23.1 Å². The lowest BCUT2D eigenvalue weighted by Crippen LogP contribution is -1.81. The molecule has 1 heterocycles. The van der Waals surface area contributed by atoms with Crippen LogP contribution in [0, 0.1) is 0 Å². The number of hydrogen-bond acceptors (Lipinski definition) is 3. The molecule has 2 aromatic carbocycles. The minimum absolute atomic E-state index is 0.794. The van der Waals surface area contributed by atoms with Gasteiger partial charge in [0.1, 0.15) is 22.8 Å². The molecule has 3 rings (SSSR count). The van der Waals surface area contributed by atoms with Gasteiger partial charge in [-0.25, -0.2) is 0 Å². The van der Waals surface area contributed by atoms with E-state index in [0.717, 1.165) is 33.8 Å². The minimum Gasteiger partial charge on any atom is -0.497 e. The Labute approximate surface area is 123 Å². The maximum absolute atomic E-state index is 5.79. The molecule has 0 aliphatic heterocycles. The summed E-state index contributed by atoms with van der Waals surface area (Å²) in [5.74, 6) is 2.46. The van der Waals surface area contributed by atoms with Crippen molar-refractivity contribution >= 4 is 23.1 Å². The fraction of sp³-hybridized carbons (Fsp3) is 0.111. The van der Waals surface area contributed by atoms with E-state index in [1.54, 1.807) is 14.2 Å². The largest absolute Gasteiger partial charge is 0.497 e. The van der Waals surface area contributed by atoms with Crippen LogP contribution in [-0.2, 0) is 0 Å². The van der Waals surface area contributed by atoms with Crippen LogP contribution in [0.3, 0.4) is 0 Å². The van der Waals surface area contributed by atoms with Gasteiger partial charge in [-0.2, -0.15) is 0 Å². The Hall–Kier alpha value is -2.68. The Balaban J connectivity index is 1.84. The highest BCUT2D eigenvalue weighted by atomic mass is 16.5. The lowest BCUT2D eigenvalue weighted by molar-refractivity contribution is 0.414. The number of rotatable bonds is 4. The van der Waals surface area contributed by atoms with E-state index in [1.165, 1.54) is 0 Å². The highest BCUT2D eigenvalue weighted by molar-refractivity contribution is 5.82. The van der Waals surface area contributed by atoms with Crippen LogP contribution in [0.2, 0.25) is 0 Å². The van der Waals surface area contributed by atoms with Crippen molar-refractivity contribution < 1.29 is 13.9 Å². The van der Waals surface area contributed by atoms with Gasteiger partial charge in [-0.3, -0.25) is 0 Å². The van der Waals surface area contributed by atoms with E-state index in [4.69, 9.17) is 13.9 Å². The third-order valence-corrected chi connectivity index (χ3v) is 3.30. The maximum Gasteiger partial charge on any atom is 0.138 e. The van der Waals surface area contributed by atoms with E-state index in [0.29, 0.717) is 0 Å². The number of fused-ring (bicyclic) bond motifs is 1. The Morgan fingerprint density at radius 1 is 0.810 bits per heavy atom. The van der Waals surface area contributed by atoms with Crippen molar-refractivity contribution in [2.45, 2.75) is 0 Å². The van der Waals surface area contributed by atoms with Crippen LogP contribution in [0.1, 0.15) is 11.3 Å². The first-order valence-corrected chi connectivity index (χ1v) is 6.68. The van der Waals surface area contributed by atoms with E-state index in [-0.39, 0.29) is 0 Å². The zero-order valence-corrected chi connectivity index (χ0v) is 12.0. The zero-order chi connectivity index (χ0) is 14.7. The van der Waals surface area contributed by atoms with Gasteiger partial charge in [0.2, 0.25) is 0 Å². The molecule has 0 aliphatic carbocycles. The summed E-state index contributed by atoms with van der Waals surface area (Å²) in [5.41, 5.74) is 1.91. The van der Waals surface area contributed by atoms with Gasteiger partial charge in [0.15, 0.2) is 0 Å². The Kier molecular flexibility index (Phi) is 3.65. The number of hydrogen-bond donors (Lipinski definition) is 0. The molecule has 0 bridgehead atoms. The third-order valence-electron chi connectivity index (χ3n) is 3.30. The number of methoxy groups -OCH3 is 2. The number of benzene rings is 2. The van der Waals surface area contributed by atoms with Gasteiger partial charge in [-0.1, -0.05) is 18.2 Å². The van der Waals surface area contributed by atoms with Crippen LogP contribution >= 0.6 is 0 Å². The third kappa shape index (κ3) is 2.92. The van der Waals surface area contributed by atoms with Gasteiger partial charge in [0.05, 0.1) is 14.2 Å². The first-order chi connectivity index (χ1) is 10.3. The lowest BCUT2D eigenvalue weighted by atomic mass is 10.2. The summed E-state index contributed by atoms with van der Waals surface area (Å²) < 4.78 is 16.1. The van der Waals surface area contributed by atoms with Crippen molar-refractivity contribution in [3.05, 3.63) is 59.9 Å². The Morgan fingerprint density at radius 2 is 1.52 bits per heavy atom. The number of furan rings is 1. The average molecular weight is 280 g/mol. The van der Waals surface area contributed by atoms with Crippen LogP contribution in [-0.4, -0.2) is 14.2 Å². The smallest absolute Gasteiger partial charge is 0.138 e. The summed E-state index contributed by atoms with van der Waals surface area (Å²) in [6.45, 7) is 0. The molecule has 3 nitrogen and oxygen atoms in total. The summed E-state index contributed by atoms with van der Waals surface area (Å²) in [4.78, 5) is 0. The molecule has 0 amide bonds. The van der Waals surface area contributed by atoms with Crippen molar-refractivity contribution in [3.8, 4) is 11.5 Å². The van der Waals surface area contributed by atoms with E-state index in [1.807, 2.05) is 60.7 Å². The van der Waals surface area contributed by atoms with Crippen molar-refractivity contribution in [1.82, 2.24) is 0 Å². The van der Waals surface area contributed by atoms with Gasteiger partial charge >= 0.3 is 0 Å². The van der Waals surface area contributed by atoms with Gasteiger partial charge in [0.25, 0.3) is 0 Å². The van der Waals surface area contributed by atoms with Crippen molar-refractivity contribution in [1.29, 1.82) is 0 Å². The molecule has 0 spiro atoms. The first-order valence-electron chi connectivity index (χ1n) is 6.68. The molecule has 21 heavy (non-hydrogen) atoms.